The highest BCUT2D eigenvalue weighted by Crippen LogP contribution is 2.49. The second kappa shape index (κ2) is 4.48. The van der Waals surface area contributed by atoms with Crippen molar-refractivity contribution in [3.63, 3.8) is 0 Å². The first kappa shape index (κ1) is 11.1. The van der Waals surface area contributed by atoms with Crippen molar-refractivity contribution in [2.24, 2.45) is 29.6 Å². The van der Waals surface area contributed by atoms with E-state index in [1.54, 1.807) is 0 Å². The second-order valence-electron chi connectivity index (χ2n) is 5.27. The van der Waals surface area contributed by atoms with Gasteiger partial charge in [0.2, 0.25) is 0 Å². The molecule has 0 aliphatic heterocycles. The van der Waals surface area contributed by atoms with Gasteiger partial charge in [-0.2, -0.15) is 0 Å². The fraction of sp³-hybridized carbons (Fsp3) is 1.00. The fourth-order valence-electron chi connectivity index (χ4n) is 3.52. The van der Waals surface area contributed by atoms with Crippen molar-refractivity contribution in [2.45, 2.75) is 53.9 Å². The van der Waals surface area contributed by atoms with Gasteiger partial charge < -0.3 is 0 Å². The normalized spacial score (nSPS) is 33.9. The van der Waals surface area contributed by atoms with Gasteiger partial charge in [0.25, 0.3) is 0 Å². The molecule has 1 aliphatic carbocycles. The van der Waals surface area contributed by atoms with Gasteiger partial charge in [-0.3, -0.25) is 0 Å². The van der Waals surface area contributed by atoms with Crippen molar-refractivity contribution >= 4 is 0 Å². The van der Waals surface area contributed by atoms with Gasteiger partial charge in [0, 0.05) is 0 Å². The van der Waals surface area contributed by atoms with Crippen molar-refractivity contribution in [2.75, 3.05) is 0 Å². The smallest absolute Gasteiger partial charge is 0.0334 e. The maximum atomic E-state index is 2.43. The van der Waals surface area contributed by atoms with E-state index in [0.717, 1.165) is 29.6 Å². The van der Waals surface area contributed by atoms with E-state index in [-0.39, 0.29) is 0 Å². The lowest BCUT2D eigenvalue weighted by molar-refractivity contribution is -0.00277. The van der Waals surface area contributed by atoms with Crippen molar-refractivity contribution in [3.8, 4) is 0 Å². The Morgan fingerprint density at radius 1 is 1.15 bits per heavy atom. The third-order valence-corrected chi connectivity index (χ3v) is 4.22. The van der Waals surface area contributed by atoms with E-state index in [1.807, 2.05) is 0 Å². The molecule has 0 heteroatoms. The standard InChI is InChI=1S/C13H26/c1-6-11(7-2)12-8-10(5)13(12)9(3)4/h9-13H,6-8H2,1-5H3. The van der Waals surface area contributed by atoms with Crippen LogP contribution in [0.15, 0.2) is 0 Å². The molecule has 0 aromatic carbocycles. The molecule has 3 unspecified atom stereocenters. The van der Waals surface area contributed by atoms with Crippen LogP contribution in [0.25, 0.3) is 0 Å². The van der Waals surface area contributed by atoms with Crippen molar-refractivity contribution in [1.82, 2.24) is 0 Å². The molecular weight excluding hydrogens is 156 g/mol. The summed E-state index contributed by atoms with van der Waals surface area (Å²) in [5.74, 6) is 4.96. The summed E-state index contributed by atoms with van der Waals surface area (Å²) in [7, 11) is 0. The lowest BCUT2D eigenvalue weighted by Gasteiger charge is -2.49. The van der Waals surface area contributed by atoms with Gasteiger partial charge in [-0.05, 0) is 36.0 Å². The molecule has 13 heavy (non-hydrogen) atoms. The molecule has 0 N–H and O–H groups in total. The molecule has 1 rings (SSSR count). The zero-order valence-corrected chi connectivity index (χ0v) is 10.0. The van der Waals surface area contributed by atoms with Crippen molar-refractivity contribution in [3.05, 3.63) is 0 Å². The third kappa shape index (κ3) is 2.08. The van der Waals surface area contributed by atoms with Crippen molar-refractivity contribution < 1.29 is 0 Å². The summed E-state index contributed by atoms with van der Waals surface area (Å²) < 4.78 is 0. The SMILES string of the molecule is CCC(CC)C1CC(C)C1C(C)C. The van der Waals surface area contributed by atoms with E-state index < -0.39 is 0 Å². The highest BCUT2D eigenvalue weighted by atomic mass is 14.5. The van der Waals surface area contributed by atoms with Crippen LogP contribution >= 0.6 is 0 Å². The predicted molar refractivity (Wildman–Crippen MR) is 59.7 cm³/mol. The van der Waals surface area contributed by atoms with E-state index >= 15 is 0 Å². The Kier molecular flexibility index (Phi) is 3.82. The number of rotatable bonds is 4. The summed E-state index contributed by atoms with van der Waals surface area (Å²) in [6.45, 7) is 11.9. The zero-order valence-electron chi connectivity index (χ0n) is 10.0. The van der Waals surface area contributed by atoms with Crippen LogP contribution in [0, 0.1) is 29.6 Å². The average Bonchev–Trinajstić information content (AvgIpc) is 2.03. The van der Waals surface area contributed by atoms with Crippen LogP contribution in [-0.4, -0.2) is 0 Å². The second-order valence-corrected chi connectivity index (χ2v) is 5.27. The van der Waals surface area contributed by atoms with E-state index in [9.17, 15) is 0 Å². The van der Waals surface area contributed by atoms with Gasteiger partial charge in [-0.25, -0.2) is 0 Å². The highest BCUT2D eigenvalue weighted by molar-refractivity contribution is 4.91. The molecule has 0 spiro atoms. The Morgan fingerprint density at radius 2 is 1.69 bits per heavy atom. The molecule has 0 heterocycles. The lowest BCUT2D eigenvalue weighted by atomic mass is 9.56. The lowest BCUT2D eigenvalue weighted by Crippen LogP contribution is -2.42. The summed E-state index contributed by atoms with van der Waals surface area (Å²) >= 11 is 0. The largest absolute Gasteiger partial charge is 0.0651 e. The average molecular weight is 182 g/mol. The molecule has 1 saturated carbocycles. The van der Waals surface area contributed by atoms with Gasteiger partial charge in [-0.1, -0.05) is 47.5 Å². The van der Waals surface area contributed by atoms with Crippen LogP contribution in [-0.2, 0) is 0 Å². The topological polar surface area (TPSA) is 0 Å². The third-order valence-electron chi connectivity index (χ3n) is 4.22. The molecule has 0 saturated heterocycles. The molecule has 0 nitrogen and oxygen atoms in total. The number of hydrogen-bond acceptors (Lipinski definition) is 0. The summed E-state index contributed by atoms with van der Waals surface area (Å²) in [6, 6.07) is 0. The van der Waals surface area contributed by atoms with Gasteiger partial charge in [0.05, 0.1) is 0 Å². The Bertz CT molecular complexity index is 139. The first-order valence-corrected chi connectivity index (χ1v) is 6.11. The maximum Gasteiger partial charge on any atom is -0.0334 e. The van der Waals surface area contributed by atoms with E-state index in [4.69, 9.17) is 0 Å². The Balaban J connectivity index is 2.52. The predicted octanol–water partition coefficient (Wildman–Crippen LogP) is 4.35. The molecule has 3 atom stereocenters. The summed E-state index contributed by atoms with van der Waals surface area (Å²) in [5, 5.41) is 0. The van der Waals surface area contributed by atoms with Gasteiger partial charge in [0.1, 0.15) is 0 Å². The Hall–Kier alpha value is 0. The van der Waals surface area contributed by atoms with Crippen LogP contribution in [0.4, 0.5) is 0 Å². The quantitative estimate of drug-likeness (QED) is 0.606. The van der Waals surface area contributed by atoms with E-state index in [2.05, 4.69) is 34.6 Å². The maximum absolute atomic E-state index is 2.43. The van der Waals surface area contributed by atoms with Crippen LogP contribution in [0.2, 0.25) is 0 Å². The molecule has 78 valence electrons. The van der Waals surface area contributed by atoms with E-state index in [1.165, 1.54) is 19.3 Å². The molecule has 0 radical (unpaired) electrons. The number of hydrogen-bond donors (Lipinski definition) is 0. The minimum atomic E-state index is 0.898. The summed E-state index contributed by atoms with van der Waals surface area (Å²) in [4.78, 5) is 0. The molecule has 1 fully saturated rings. The minimum absolute atomic E-state index is 0.898. The van der Waals surface area contributed by atoms with Gasteiger partial charge in [-0.15, -0.1) is 0 Å². The van der Waals surface area contributed by atoms with Crippen molar-refractivity contribution in [1.29, 1.82) is 0 Å². The first-order chi connectivity index (χ1) is 6.11. The molecule has 0 bridgehead atoms. The molecule has 0 aromatic heterocycles. The molecular formula is C13H26. The van der Waals surface area contributed by atoms with Gasteiger partial charge >= 0.3 is 0 Å². The fourth-order valence-corrected chi connectivity index (χ4v) is 3.52. The zero-order chi connectivity index (χ0) is 10.0. The monoisotopic (exact) mass is 182 g/mol. The van der Waals surface area contributed by atoms with Crippen LogP contribution in [0.1, 0.15) is 53.9 Å². The highest BCUT2D eigenvalue weighted by Gasteiger charge is 2.42. The summed E-state index contributed by atoms with van der Waals surface area (Å²) in [5.41, 5.74) is 0. The van der Waals surface area contributed by atoms with Crippen LogP contribution in [0.5, 0.6) is 0 Å². The molecule has 0 aromatic rings. The summed E-state index contributed by atoms with van der Waals surface area (Å²) in [6.07, 6.45) is 4.27. The van der Waals surface area contributed by atoms with Gasteiger partial charge in [0.15, 0.2) is 0 Å². The molecule has 0 amide bonds. The Morgan fingerprint density at radius 3 is 2.00 bits per heavy atom. The Labute approximate surface area is 84.1 Å². The minimum Gasteiger partial charge on any atom is -0.0651 e. The molecule has 1 aliphatic rings. The van der Waals surface area contributed by atoms with E-state index in [0.29, 0.717) is 0 Å². The first-order valence-electron chi connectivity index (χ1n) is 6.11. The van der Waals surface area contributed by atoms with Crippen LogP contribution in [0.3, 0.4) is 0 Å². The van der Waals surface area contributed by atoms with Crippen LogP contribution < -0.4 is 0 Å².